The van der Waals surface area contributed by atoms with E-state index in [1.54, 1.807) is 0 Å². The van der Waals surface area contributed by atoms with Crippen LogP contribution >= 0.6 is 0 Å². The molecule has 0 bridgehead atoms. The van der Waals surface area contributed by atoms with Gasteiger partial charge >= 0.3 is 0 Å². The molecular weight excluding hydrogens is 645 g/mol. The van der Waals surface area contributed by atoms with E-state index in [0.29, 0.717) is 0 Å². The minimum absolute atomic E-state index is 0.122. The molecule has 0 radical (unpaired) electrons. The molecule has 0 atom stereocenters. The molecule has 0 spiro atoms. The Morgan fingerprint density at radius 1 is 0.434 bits per heavy atom. The normalized spacial score (nSPS) is 19.5. The quantitative estimate of drug-likeness (QED) is 0.183. The van der Waals surface area contributed by atoms with Gasteiger partial charge in [-0.2, -0.15) is 0 Å². The molecule has 11 rings (SSSR count). The average Bonchev–Trinajstić information content (AvgIpc) is 1.55. The molecule has 8 aromatic carbocycles. The highest BCUT2D eigenvalue weighted by molar-refractivity contribution is 6.28. The second-order valence-corrected chi connectivity index (χ2v) is 11.6. The molecule has 4 nitrogen and oxygen atoms in total. The smallest absolute Gasteiger partial charge is 0.235 e. The van der Waals surface area contributed by atoms with Crippen molar-refractivity contribution in [3.8, 4) is 34.0 Å². The topological polar surface area (TPSA) is 35.6 Å². The van der Waals surface area contributed by atoms with Gasteiger partial charge in [-0.05, 0) is 83.2 Å². The van der Waals surface area contributed by atoms with Gasteiger partial charge in [0.05, 0.1) is 73.0 Å². The molecule has 0 aliphatic heterocycles. The monoisotopic (exact) mass is 705 g/mol. The lowest BCUT2D eigenvalue weighted by Crippen LogP contribution is -2.03. The molecular formula is C49H32N4. The lowest BCUT2D eigenvalue weighted by Gasteiger charge is -2.13. The zero-order valence-electron chi connectivity index (χ0n) is 55.8. The van der Waals surface area contributed by atoms with Crippen LogP contribution in [0.1, 0.15) is 45.3 Å². The number of aromatic nitrogens is 4. The van der Waals surface area contributed by atoms with Gasteiger partial charge in [0.25, 0.3) is 0 Å². The fraction of sp³-hybridized carbons (Fsp3) is 0.0204. The molecule has 53 heavy (non-hydrogen) atoms. The van der Waals surface area contributed by atoms with E-state index >= 15 is 0 Å². The molecule has 0 N–H and O–H groups in total. The van der Waals surface area contributed by atoms with Crippen LogP contribution in [0.25, 0.3) is 99.3 Å². The summed E-state index contributed by atoms with van der Waals surface area (Å²) in [7, 11) is 0. The Balaban J connectivity index is 1.45. The third kappa shape index (κ3) is 4.56. The third-order valence-corrected chi connectivity index (χ3v) is 8.60. The Kier molecular flexibility index (Phi) is 2.79. The van der Waals surface area contributed by atoms with Crippen molar-refractivity contribution in [3.05, 3.63) is 181 Å². The number of rotatable bonds is 4. The second-order valence-electron chi connectivity index (χ2n) is 11.6. The minimum atomic E-state index is -1.01. The summed E-state index contributed by atoms with van der Waals surface area (Å²) in [6.45, 7) is 1.30. The van der Waals surface area contributed by atoms with Gasteiger partial charge in [-0.25, -0.2) is 9.97 Å². The van der Waals surface area contributed by atoms with E-state index in [1.807, 2.05) is 0 Å². The van der Waals surface area contributed by atoms with Gasteiger partial charge in [0.1, 0.15) is 0 Å². The van der Waals surface area contributed by atoms with Gasteiger partial charge < -0.3 is 4.57 Å². The molecule has 0 fully saturated rings. The molecule has 0 saturated carbocycles. The van der Waals surface area contributed by atoms with E-state index in [0.717, 1.165) is 9.13 Å². The van der Waals surface area contributed by atoms with E-state index in [4.69, 9.17) is 28.3 Å². The van der Waals surface area contributed by atoms with Crippen molar-refractivity contribution in [3.63, 3.8) is 0 Å². The summed E-state index contributed by atoms with van der Waals surface area (Å²) in [6.07, 6.45) is 0. The van der Waals surface area contributed by atoms with Crippen molar-refractivity contribution in [2.75, 3.05) is 0 Å². The van der Waals surface area contributed by atoms with E-state index in [9.17, 15) is 16.4 Å². The van der Waals surface area contributed by atoms with Crippen LogP contribution in [0.3, 0.4) is 0 Å². The van der Waals surface area contributed by atoms with Gasteiger partial charge in [0.2, 0.25) is 5.95 Å². The highest BCUT2D eigenvalue weighted by atomic mass is 15.2. The first-order valence-electron chi connectivity index (χ1n) is 30.2. The predicted octanol–water partition coefficient (Wildman–Crippen LogP) is 12.6. The molecule has 0 aliphatic rings. The second kappa shape index (κ2) is 11.5. The summed E-state index contributed by atoms with van der Waals surface area (Å²) in [5.41, 5.74) is -7.22. The highest BCUT2D eigenvalue weighted by Crippen LogP contribution is 2.42. The van der Waals surface area contributed by atoms with Crippen LogP contribution in [0.15, 0.2) is 175 Å². The fourth-order valence-electron chi connectivity index (χ4n) is 6.36. The maximum Gasteiger partial charge on any atom is 0.235 e. The van der Waals surface area contributed by atoms with E-state index in [1.165, 1.54) is 6.92 Å². The lowest BCUT2D eigenvalue weighted by molar-refractivity contribution is 1.01. The zero-order valence-corrected chi connectivity index (χ0v) is 26.8. The highest BCUT2D eigenvalue weighted by Gasteiger charge is 2.22. The van der Waals surface area contributed by atoms with Crippen molar-refractivity contribution in [1.82, 2.24) is 19.1 Å². The Labute approximate surface area is 346 Å². The Bertz CT molecular complexity index is 4870. The molecule has 11 aromatic rings. The molecule has 0 saturated heterocycles. The van der Waals surface area contributed by atoms with E-state index < -0.39 is 275 Å². The Hall–Kier alpha value is -7.04. The molecule has 3 heterocycles. The van der Waals surface area contributed by atoms with Crippen LogP contribution in [0.4, 0.5) is 0 Å². The Morgan fingerprint density at radius 3 is 1.81 bits per heavy atom. The molecule has 0 aliphatic carbocycles. The number of para-hydroxylation sites is 2. The molecule has 0 amide bonds. The number of hydrogen-bond donors (Lipinski definition) is 0. The van der Waals surface area contributed by atoms with Crippen molar-refractivity contribution in [2.45, 2.75) is 6.92 Å². The summed E-state index contributed by atoms with van der Waals surface area (Å²) in [5.74, 6) is -0.910. The molecule has 0 unspecified atom stereocenters. The first kappa shape index (κ1) is 12.9. The van der Waals surface area contributed by atoms with Gasteiger partial charge in [-0.1, -0.05) is 126 Å². The van der Waals surface area contributed by atoms with Gasteiger partial charge in [0.15, 0.2) is 0 Å². The first-order valence-corrected chi connectivity index (χ1v) is 15.7. The molecule has 4 heteroatoms. The first-order chi connectivity index (χ1) is 38.3. The summed E-state index contributed by atoms with van der Waals surface area (Å²) < 4.78 is 264. The number of fused-ring (bicyclic) bond motifs is 9. The molecule has 3 aromatic heterocycles. The Morgan fingerprint density at radius 2 is 1.06 bits per heavy atom. The van der Waals surface area contributed by atoms with E-state index in [-0.39, 0.29) is 5.56 Å². The average molecular weight is 706 g/mol. The predicted molar refractivity (Wildman–Crippen MR) is 221 cm³/mol. The van der Waals surface area contributed by atoms with Crippen molar-refractivity contribution >= 4 is 65.3 Å². The van der Waals surface area contributed by atoms with Crippen LogP contribution in [0.2, 0.25) is 0 Å². The fourth-order valence-corrected chi connectivity index (χ4v) is 6.36. The lowest BCUT2D eigenvalue weighted by atomic mass is 9.99. The van der Waals surface area contributed by atoms with Crippen molar-refractivity contribution in [2.24, 2.45) is 0 Å². The largest absolute Gasteiger partial charge is 0.309 e. The van der Waals surface area contributed by atoms with Crippen LogP contribution in [0.5, 0.6) is 0 Å². The SMILES string of the molecule is [2H]c1c([2H])c([2H])c(-c2c([2H])c([2H])c3nc(-n4c5c([2H])c([2H])c([2H])c([2H])c5c5c6c7c([2H])c([2H])c([2H])c([2H])c7n(-c7c([2H])c([2H])c(C)c([2H])c7[2H])c6c([2H])c([2H])c54)nc(-c4c([2H])c([2H])c5c([2H])c([2H])c([2H])c([2H])c5c4[2H])c3c2[2H])c([2H])c1[2H]. The number of benzene rings is 8. The summed E-state index contributed by atoms with van der Waals surface area (Å²) in [6, 6.07) is -25.5. The number of nitrogens with zero attached hydrogens (tertiary/aromatic N) is 4. The van der Waals surface area contributed by atoms with Crippen LogP contribution in [-0.4, -0.2) is 19.1 Å². The summed E-state index contributed by atoms with van der Waals surface area (Å²) in [4.78, 5) is 9.26. The van der Waals surface area contributed by atoms with Gasteiger partial charge in [0, 0.05) is 38.2 Å². The summed E-state index contributed by atoms with van der Waals surface area (Å²) >= 11 is 0. The minimum Gasteiger partial charge on any atom is -0.309 e. The van der Waals surface area contributed by atoms with Gasteiger partial charge in [-0.3, -0.25) is 4.57 Å². The maximum absolute atomic E-state index is 9.90. The van der Waals surface area contributed by atoms with Crippen LogP contribution in [-0.2, 0) is 0 Å². The zero-order chi connectivity index (χ0) is 60.3. The third-order valence-electron chi connectivity index (χ3n) is 8.60. The maximum atomic E-state index is 9.90. The van der Waals surface area contributed by atoms with Crippen LogP contribution in [0, 0.1) is 6.92 Å². The van der Waals surface area contributed by atoms with Crippen molar-refractivity contribution < 1.29 is 39.8 Å². The number of hydrogen-bond acceptors (Lipinski definition) is 2. The van der Waals surface area contributed by atoms with Crippen LogP contribution < -0.4 is 0 Å². The summed E-state index contributed by atoms with van der Waals surface area (Å²) in [5, 5.41) is -4.00. The van der Waals surface area contributed by atoms with E-state index in [2.05, 4.69) is 4.98 Å². The van der Waals surface area contributed by atoms with Gasteiger partial charge in [-0.15, -0.1) is 0 Å². The standard InChI is InChI=1S/C49H32N4/c1-31-19-24-37(25-20-31)52-42-17-9-7-15-38(42)46-44(52)27-28-45-47(46)39-16-8-10-18-43(39)53(45)49-50-41-26-23-35(32-11-3-2-4-12-32)30-40(41)48(51-49)36-22-21-33-13-5-6-14-34(33)29-36/h2-30H,1H3/i2D,3D,4D,5D,6D,7D,8D,9D,10D,11D,12D,13D,14D,15D,16D,17D,18D,19D,20D,21D,22D,23D,24D,25D,26D,27D,28D,29D,30D. The molecule has 248 valence electrons. The van der Waals surface area contributed by atoms with Crippen molar-refractivity contribution in [1.29, 1.82) is 0 Å².